The molecular weight excluding hydrogens is 365 g/mol. The Morgan fingerprint density at radius 2 is 1.86 bits per heavy atom. The Balaban J connectivity index is 1.57. The first-order valence-electron chi connectivity index (χ1n) is 8.35. The SMILES string of the molecule is Cc1ccc(F)cc1NC(=O)COC(=O)c1ccc(-c2ccc(C=O)o2)cc1. The molecule has 7 heteroatoms. The number of hydrogen-bond acceptors (Lipinski definition) is 5. The molecule has 1 N–H and O–H groups in total. The Morgan fingerprint density at radius 1 is 1.11 bits per heavy atom. The Hall–Kier alpha value is -3.74. The Labute approximate surface area is 159 Å². The summed E-state index contributed by atoms with van der Waals surface area (Å²) >= 11 is 0. The number of halogens is 1. The predicted octanol–water partition coefficient (Wildman–Crippen LogP) is 4.00. The molecule has 0 aliphatic heterocycles. The summed E-state index contributed by atoms with van der Waals surface area (Å²) in [7, 11) is 0. The second-order valence-corrected chi connectivity index (χ2v) is 5.98. The van der Waals surface area contributed by atoms with Crippen molar-refractivity contribution in [1.29, 1.82) is 0 Å². The number of nitrogens with one attached hydrogen (secondary N) is 1. The molecule has 2 aromatic carbocycles. The molecule has 28 heavy (non-hydrogen) atoms. The topological polar surface area (TPSA) is 85.6 Å². The quantitative estimate of drug-likeness (QED) is 0.515. The summed E-state index contributed by atoms with van der Waals surface area (Å²) in [6, 6.07) is 13.5. The predicted molar refractivity (Wildman–Crippen MR) is 99.6 cm³/mol. The van der Waals surface area contributed by atoms with Gasteiger partial charge in [0.1, 0.15) is 11.6 Å². The molecule has 0 unspecified atom stereocenters. The molecule has 0 saturated carbocycles. The van der Waals surface area contributed by atoms with E-state index in [0.717, 1.165) is 0 Å². The van der Waals surface area contributed by atoms with Crippen LogP contribution in [-0.2, 0) is 9.53 Å². The van der Waals surface area contributed by atoms with Gasteiger partial charge < -0.3 is 14.5 Å². The van der Waals surface area contributed by atoms with Gasteiger partial charge in [-0.15, -0.1) is 0 Å². The Bertz CT molecular complexity index is 1020. The maximum absolute atomic E-state index is 13.2. The lowest BCUT2D eigenvalue weighted by Crippen LogP contribution is -2.21. The fourth-order valence-electron chi connectivity index (χ4n) is 2.47. The number of carbonyl (C=O) groups is 3. The number of anilines is 1. The molecule has 0 bridgehead atoms. The zero-order chi connectivity index (χ0) is 20.1. The van der Waals surface area contributed by atoms with Crippen molar-refractivity contribution >= 4 is 23.9 Å². The van der Waals surface area contributed by atoms with E-state index in [1.54, 1.807) is 31.2 Å². The first kappa shape index (κ1) is 19.0. The summed E-state index contributed by atoms with van der Waals surface area (Å²) < 4.78 is 23.5. The molecule has 3 rings (SSSR count). The third kappa shape index (κ3) is 4.50. The van der Waals surface area contributed by atoms with Crippen LogP contribution in [0.3, 0.4) is 0 Å². The normalized spacial score (nSPS) is 10.4. The van der Waals surface area contributed by atoms with Crippen LogP contribution in [-0.4, -0.2) is 24.8 Å². The molecule has 1 amide bonds. The van der Waals surface area contributed by atoms with Crippen LogP contribution in [0.25, 0.3) is 11.3 Å². The van der Waals surface area contributed by atoms with Crippen molar-refractivity contribution in [3.8, 4) is 11.3 Å². The summed E-state index contributed by atoms with van der Waals surface area (Å²) in [5, 5.41) is 2.50. The maximum Gasteiger partial charge on any atom is 0.338 e. The number of hydrogen-bond donors (Lipinski definition) is 1. The number of benzene rings is 2. The fraction of sp³-hybridized carbons (Fsp3) is 0.0952. The Morgan fingerprint density at radius 3 is 2.54 bits per heavy atom. The minimum absolute atomic E-state index is 0.207. The zero-order valence-corrected chi connectivity index (χ0v) is 14.9. The summed E-state index contributed by atoms with van der Waals surface area (Å²) in [4.78, 5) is 34.7. The highest BCUT2D eigenvalue weighted by Gasteiger charge is 2.12. The van der Waals surface area contributed by atoms with Crippen LogP contribution < -0.4 is 5.32 Å². The van der Waals surface area contributed by atoms with Gasteiger partial charge in [-0.2, -0.15) is 0 Å². The minimum Gasteiger partial charge on any atom is -0.453 e. The number of furan rings is 1. The monoisotopic (exact) mass is 381 g/mol. The summed E-state index contributed by atoms with van der Waals surface area (Å²) in [6.45, 7) is 1.22. The molecule has 0 atom stereocenters. The number of carbonyl (C=O) groups excluding carboxylic acids is 3. The minimum atomic E-state index is -0.675. The lowest BCUT2D eigenvalue weighted by Gasteiger charge is -2.09. The molecule has 0 saturated heterocycles. The smallest absolute Gasteiger partial charge is 0.338 e. The first-order valence-corrected chi connectivity index (χ1v) is 8.35. The van der Waals surface area contributed by atoms with E-state index < -0.39 is 24.3 Å². The summed E-state index contributed by atoms with van der Waals surface area (Å²) in [5.41, 5.74) is 1.94. The number of aryl methyl sites for hydroxylation is 1. The van der Waals surface area contributed by atoms with Crippen molar-refractivity contribution in [3.05, 3.63) is 77.3 Å². The maximum atomic E-state index is 13.2. The first-order chi connectivity index (χ1) is 13.5. The highest BCUT2D eigenvalue weighted by molar-refractivity contribution is 5.96. The van der Waals surface area contributed by atoms with Crippen molar-refractivity contribution in [2.75, 3.05) is 11.9 Å². The van der Waals surface area contributed by atoms with Crippen molar-refractivity contribution in [2.45, 2.75) is 6.92 Å². The van der Waals surface area contributed by atoms with Gasteiger partial charge in [0.2, 0.25) is 0 Å². The number of ether oxygens (including phenoxy) is 1. The molecule has 6 nitrogen and oxygen atoms in total. The molecular formula is C21H16FNO5. The summed E-state index contributed by atoms with van der Waals surface area (Å²) in [6.07, 6.45) is 0.603. The van der Waals surface area contributed by atoms with Crippen LogP contribution in [0, 0.1) is 12.7 Å². The van der Waals surface area contributed by atoms with Gasteiger partial charge in [-0.25, -0.2) is 9.18 Å². The van der Waals surface area contributed by atoms with E-state index in [1.165, 1.54) is 30.3 Å². The van der Waals surface area contributed by atoms with Crippen molar-refractivity contribution in [2.24, 2.45) is 0 Å². The lowest BCUT2D eigenvalue weighted by atomic mass is 10.1. The molecule has 0 aliphatic rings. The van der Waals surface area contributed by atoms with Crippen LogP contribution in [0.15, 0.2) is 59.0 Å². The van der Waals surface area contributed by atoms with E-state index in [0.29, 0.717) is 28.9 Å². The lowest BCUT2D eigenvalue weighted by molar-refractivity contribution is -0.119. The molecule has 1 heterocycles. The number of rotatable bonds is 6. The largest absolute Gasteiger partial charge is 0.453 e. The molecule has 0 fully saturated rings. The average Bonchev–Trinajstić information content (AvgIpc) is 3.18. The van der Waals surface area contributed by atoms with Gasteiger partial charge in [0, 0.05) is 11.3 Å². The van der Waals surface area contributed by atoms with E-state index in [-0.39, 0.29) is 11.3 Å². The van der Waals surface area contributed by atoms with Crippen LogP contribution >= 0.6 is 0 Å². The highest BCUT2D eigenvalue weighted by atomic mass is 19.1. The Kier molecular flexibility index (Phi) is 5.64. The van der Waals surface area contributed by atoms with Gasteiger partial charge in [0.25, 0.3) is 5.91 Å². The van der Waals surface area contributed by atoms with Gasteiger partial charge in [-0.1, -0.05) is 18.2 Å². The molecule has 3 aromatic rings. The second-order valence-electron chi connectivity index (χ2n) is 5.98. The fourth-order valence-corrected chi connectivity index (χ4v) is 2.47. The van der Waals surface area contributed by atoms with Gasteiger partial charge in [0.15, 0.2) is 18.7 Å². The van der Waals surface area contributed by atoms with Crippen molar-refractivity contribution in [1.82, 2.24) is 0 Å². The van der Waals surface area contributed by atoms with Crippen LogP contribution in [0.5, 0.6) is 0 Å². The van der Waals surface area contributed by atoms with Crippen LogP contribution in [0.2, 0.25) is 0 Å². The van der Waals surface area contributed by atoms with Crippen LogP contribution in [0.1, 0.15) is 26.5 Å². The van der Waals surface area contributed by atoms with Gasteiger partial charge in [-0.05, 0) is 48.9 Å². The van der Waals surface area contributed by atoms with Gasteiger partial charge in [-0.3, -0.25) is 9.59 Å². The van der Waals surface area contributed by atoms with E-state index in [1.807, 2.05) is 0 Å². The van der Waals surface area contributed by atoms with E-state index >= 15 is 0 Å². The highest BCUT2D eigenvalue weighted by Crippen LogP contribution is 2.22. The van der Waals surface area contributed by atoms with Gasteiger partial charge >= 0.3 is 5.97 Å². The number of aldehydes is 1. The number of amides is 1. The zero-order valence-electron chi connectivity index (χ0n) is 14.9. The van der Waals surface area contributed by atoms with E-state index in [2.05, 4.69) is 5.32 Å². The summed E-state index contributed by atoms with van der Waals surface area (Å²) in [5.74, 6) is -1.03. The second kappa shape index (κ2) is 8.30. The van der Waals surface area contributed by atoms with E-state index in [4.69, 9.17) is 9.15 Å². The third-order valence-electron chi connectivity index (χ3n) is 3.96. The molecule has 142 valence electrons. The molecule has 0 aliphatic carbocycles. The molecule has 1 aromatic heterocycles. The standard InChI is InChI=1S/C21H16FNO5/c1-13-2-7-16(22)10-18(13)23-20(25)12-27-21(26)15-5-3-14(4-6-15)19-9-8-17(11-24)28-19/h2-11H,12H2,1H3,(H,23,25). The van der Waals surface area contributed by atoms with Crippen LogP contribution in [0.4, 0.5) is 10.1 Å². The molecule has 0 radical (unpaired) electrons. The van der Waals surface area contributed by atoms with E-state index in [9.17, 15) is 18.8 Å². The number of esters is 1. The van der Waals surface area contributed by atoms with Crippen molar-refractivity contribution in [3.63, 3.8) is 0 Å². The molecule has 0 spiro atoms. The average molecular weight is 381 g/mol. The van der Waals surface area contributed by atoms with Crippen molar-refractivity contribution < 1.29 is 27.9 Å². The third-order valence-corrected chi connectivity index (χ3v) is 3.96. The van der Waals surface area contributed by atoms with Gasteiger partial charge in [0.05, 0.1) is 5.56 Å².